The Morgan fingerprint density at radius 3 is 2.61 bits per heavy atom. The summed E-state index contributed by atoms with van der Waals surface area (Å²) in [6.07, 6.45) is 1.30. The van der Waals surface area contributed by atoms with Crippen molar-refractivity contribution in [3.63, 3.8) is 0 Å². The lowest BCUT2D eigenvalue weighted by Crippen LogP contribution is -2.17. The van der Waals surface area contributed by atoms with Crippen molar-refractivity contribution in [2.45, 2.75) is 6.54 Å². The second-order valence-corrected chi connectivity index (χ2v) is 7.28. The van der Waals surface area contributed by atoms with E-state index in [1.165, 1.54) is 23.1 Å². The smallest absolute Gasteiger partial charge is 0.267 e. The van der Waals surface area contributed by atoms with Crippen molar-refractivity contribution in [3.05, 3.63) is 105 Å². The highest BCUT2D eigenvalue weighted by Crippen LogP contribution is 2.24. The number of aromatic nitrogens is 4. The average molecular weight is 462 g/mol. The molecular formula is C22H16ClN7O3. The van der Waals surface area contributed by atoms with Gasteiger partial charge in [0.25, 0.3) is 11.6 Å². The third-order valence-corrected chi connectivity index (χ3v) is 4.89. The van der Waals surface area contributed by atoms with E-state index in [1.807, 2.05) is 30.3 Å². The van der Waals surface area contributed by atoms with Gasteiger partial charge >= 0.3 is 0 Å². The van der Waals surface area contributed by atoms with Gasteiger partial charge in [0.15, 0.2) is 0 Å². The van der Waals surface area contributed by atoms with Crippen molar-refractivity contribution in [2.75, 3.05) is 0 Å². The molecule has 1 amide bonds. The van der Waals surface area contributed by atoms with Gasteiger partial charge in [-0.15, -0.1) is 10.2 Å². The van der Waals surface area contributed by atoms with E-state index in [1.54, 1.807) is 30.3 Å². The number of amides is 1. The summed E-state index contributed by atoms with van der Waals surface area (Å²) in [5.74, 6) is 0.113. The number of hydrogen-bond acceptors (Lipinski definition) is 7. The van der Waals surface area contributed by atoms with E-state index in [-0.39, 0.29) is 10.7 Å². The Bertz CT molecular complexity index is 1320. The fourth-order valence-electron chi connectivity index (χ4n) is 2.92. The van der Waals surface area contributed by atoms with Crippen molar-refractivity contribution < 1.29 is 9.72 Å². The van der Waals surface area contributed by atoms with E-state index in [2.05, 4.69) is 25.9 Å². The predicted molar refractivity (Wildman–Crippen MR) is 122 cm³/mol. The molecule has 0 saturated carbocycles. The molecule has 0 fully saturated rings. The summed E-state index contributed by atoms with van der Waals surface area (Å²) in [6.45, 7) is 0.398. The van der Waals surface area contributed by atoms with Gasteiger partial charge in [0.05, 0.1) is 17.7 Å². The summed E-state index contributed by atoms with van der Waals surface area (Å²) in [5, 5.41) is 27.3. The number of carbonyl (C=O) groups excluding carboxylic acids is 1. The lowest BCUT2D eigenvalue weighted by Gasteiger charge is -2.03. The molecule has 164 valence electrons. The number of halogens is 1. The van der Waals surface area contributed by atoms with Crippen LogP contribution in [0.5, 0.6) is 0 Å². The van der Waals surface area contributed by atoms with Crippen LogP contribution in [0.15, 0.2) is 77.9 Å². The average Bonchev–Trinajstić information content (AvgIpc) is 3.29. The quantitative estimate of drug-likeness (QED) is 0.254. The molecule has 1 N–H and O–H groups in total. The maximum atomic E-state index is 12.3. The van der Waals surface area contributed by atoms with Crippen molar-refractivity contribution in [2.24, 2.45) is 5.10 Å². The topological polar surface area (TPSA) is 128 Å². The molecule has 11 heteroatoms. The normalized spacial score (nSPS) is 10.9. The van der Waals surface area contributed by atoms with Crippen LogP contribution in [0.2, 0.25) is 5.02 Å². The molecule has 4 rings (SSSR count). The first-order valence-electron chi connectivity index (χ1n) is 9.69. The molecule has 3 aromatic carbocycles. The molecule has 10 nitrogen and oxygen atoms in total. The number of tetrazole rings is 1. The zero-order chi connectivity index (χ0) is 23.2. The number of benzene rings is 3. The molecule has 0 saturated heterocycles. The van der Waals surface area contributed by atoms with Gasteiger partial charge in [0.2, 0.25) is 5.82 Å². The second-order valence-electron chi connectivity index (χ2n) is 6.87. The molecule has 1 heterocycles. The summed E-state index contributed by atoms with van der Waals surface area (Å²) in [7, 11) is 0. The molecule has 0 spiro atoms. The monoisotopic (exact) mass is 461 g/mol. The van der Waals surface area contributed by atoms with E-state index in [9.17, 15) is 14.9 Å². The number of nitro benzene ring substituents is 1. The first kappa shape index (κ1) is 21.8. The number of nitrogens with one attached hydrogen (secondary N) is 1. The van der Waals surface area contributed by atoms with Crippen LogP contribution < -0.4 is 5.43 Å². The minimum absolute atomic E-state index is 0.0265. The minimum Gasteiger partial charge on any atom is -0.267 e. The largest absolute Gasteiger partial charge is 0.288 e. The van der Waals surface area contributed by atoms with E-state index in [0.717, 1.165) is 11.1 Å². The number of hydrazone groups is 1. The maximum absolute atomic E-state index is 12.3. The van der Waals surface area contributed by atoms with Crippen LogP contribution >= 0.6 is 11.6 Å². The minimum atomic E-state index is -0.586. The molecule has 0 aliphatic heterocycles. The second kappa shape index (κ2) is 9.79. The molecule has 1 aromatic heterocycles. The standard InChI is InChI=1S/C22H16ClN7O3/c23-19-11-8-16(12-20(19)30(32)33)13-24-26-22(31)18-9-6-15(7-10-18)14-29-27-21(25-28-29)17-4-2-1-3-5-17/h1-13H,14H2,(H,26,31). The molecule has 0 aliphatic rings. The lowest BCUT2D eigenvalue weighted by molar-refractivity contribution is -0.384. The molecule has 0 aliphatic carbocycles. The van der Waals surface area contributed by atoms with Gasteiger partial charge in [-0.3, -0.25) is 14.9 Å². The molecule has 0 bridgehead atoms. The highest BCUT2D eigenvalue weighted by Gasteiger charge is 2.12. The number of nitro groups is 1. The van der Waals surface area contributed by atoms with Gasteiger partial charge in [-0.05, 0) is 29.0 Å². The van der Waals surface area contributed by atoms with Crippen LogP contribution in [0.4, 0.5) is 5.69 Å². The summed E-state index contributed by atoms with van der Waals surface area (Å²) in [5.41, 5.74) is 4.75. The Labute approximate surface area is 192 Å². The van der Waals surface area contributed by atoms with Crippen LogP contribution in [0.3, 0.4) is 0 Å². The highest BCUT2D eigenvalue weighted by atomic mass is 35.5. The Morgan fingerprint density at radius 2 is 1.88 bits per heavy atom. The summed E-state index contributed by atoms with van der Waals surface area (Å²) >= 11 is 5.78. The van der Waals surface area contributed by atoms with Crippen molar-refractivity contribution >= 4 is 29.4 Å². The number of carbonyl (C=O) groups is 1. The summed E-state index contributed by atoms with van der Waals surface area (Å²) in [6, 6.07) is 20.7. The molecule has 0 atom stereocenters. The van der Waals surface area contributed by atoms with Gasteiger partial charge in [-0.2, -0.15) is 9.90 Å². The van der Waals surface area contributed by atoms with Crippen LogP contribution in [0, 0.1) is 10.1 Å². The SMILES string of the molecule is O=C(NN=Cc1ccc(Cl)c([N+](=O)[O-])c1)c1ccc(Cn2nnc(-c3ccccc3)n2)cc1. The van der Waals surface area contributed by atoms with E-state index in [4.69, 9.17) is 11.6 Å². The van der Waals surface area contributed by atoms with Gasteiger partial charge in [0, 0.05) is 22.8 Å². The first-order chi connectivity index (χ1) is 16.0. The van der Waals surface area contributed by atoms with Crippen LogP contribution in [0.1, 0.15) is 21.5 Å². The number of hydrogen-bond donors (Lipinski definition) is 1. The van der Waals surface area contributed by atoms with E-state index in [0.29, 0.717) is 23.5 Å². The van der Waals surface area contributed by atoms with Crippen molar-refractivity contribution in [1.29, 1.82) is 0 Å². The molecule has 33 heavy (non-hydrogen) atoms. The summed E-state index contributed by atoms with van der Waals surface area (Å²) in [4.78, 5) is 24.1. The molecule has 0 unspecified atom stereocenters. The van der Waals surface area contributed by atoms with E-state index >= 15 is 0 Å². The van der Waals surface area contributed by atoms with Crippen molar-refractivity contribution in [1.82, 2.24) is 25.6 Å². The first-order valence-corrected chi connectivity index (χ1v) is 10.1. The fourth-order valence-corrected chi connectivity index (χ4v) is 3.10. The Balaban J connectivity index is 1.36. The van der Waals surface area contributed by atoms with Crippen LogP contribution in [-0.2, 0) is 6.54 Å². The van der Waals surface area contributed by atoms with Gasteiger partial charge < -0.3 is 0 Å². The van der Waals surface area contributed by atoms with Crippen LogP contribution in [0.25, 0.3) is 11.4 Å². The van der Waals surface area contributed by atoms with E-state index < -0.39 is 10.8 Å². The zero-order valence-electron chi connectivity index (χ0n) is 17.0. The summed E-state index contributed by atoms with van der Waals surface area (Å²) < 4.78 is 0. The Kier molecular flexibility index (Phi) is 6.46. The van der Waals surface area contributed by atoms with Crippen molar-refractivity contribution in [3.8, 4) is 11.4 Å². The lowest BCUT2D eigenvalue weighted by atomic mass is 10.1. The molecular weight excluding hydrogens is 446 g/mol. The Hall–Kier alpha value is -4.44. The van der Waals surface area contributed by atoms with Gasteiger partial charge in [-0.25, -0.2) is 5.43 Å². The third-order valence-electron chi connectivity index (χ3n) is 4.57. The third kappa shape index (κ3) is 5.43. The number of rotatable bonds is 7. The van der Waals surface area contributed by atoms with Gasteiger partial charge in [0.1, 0.15) is 5.02 Å². The molecule has 4 aromatic rings. The maximum Gasteiger partial charge on any atom is 0.288 e. The molecule has 0 radical (unpaired) electrons. The zero-order valence-corrected chi connectivity index (χ0v) is 17.8. The highest BCUT2D eigenvalue weighted by molar-refractivity contribution is 6.32. The van der Waals surface area contributed by atoms with Crippen LogP contribution in [-0.4, -0.2) is 37.3 Å². The number of nitrogens with zero attached hydrogens (tertiary/aromatic N) is 6. The van der Waals surface area contributed by atoms with Gasteiger partial charge in [-0.1, -0.05) is 60.1 Å². The Morgan fingerprint density at radius 1 is 1.12 bits per heavy atom. The predicted octanol–water partition coefficient (Wildman–Crippen LogP) is 3.71. The fraction of sp³-hybridized carbons (Fsp3) is 0.0455.